The van der Waals surface area contributed by atoms with Gasteiger partial charge in [-0.05, 0) is 50.3 Å². The Morgan fingerprint density at radius 3 is 2.59 bits per heavy atom. The zero-order valence-corrected chi connectivity index (χ0v) is 19.5. The summed E-state index contributed by atoms with van der Waals surface area (Å²) in [5.74, 6) is 1.01. The second-order valence-electron chi connectivity index (χ2n) is 9.19. The lowest BCUT2D eigenvalue weighted by atomic mass is 10.00. The molecule has 1 aromatic heterocycles. The Kier molecular flexibility index (Phi) is 6.44. The van der Waals surface area contributed by atoms with Gasteiger partial charge in [0.05, 0.1) is 6.10 Å². The Labute approximate surface area is 193 Å². The highest BCUT2D eigenvalue weighted by molar-refractivity contribution is 7.99. The molecule has 1 atom stereocenters. The van der Waals surface area contributed by atoms with Crippen LogP contribution in [0, 0.1) is 0 Å². The van der Waals surface area contributed by atoms with E-state index in [4.69, 9.17) is 9.72 Å². The maximum atomic E-state index is 11.2. The number of carboxylic acid groups (broad SMARTS) is 1. The number of aromatic nitrogens is 2. The molecule has 0 spiro atoms. The zero-order valence-electron chi connectivity index (χ0n) is 18.7. The minimum Gasteiger partial charge on any atom is -0.465 e. The van der Waals surface area contributed by atoms with E-state index in [9.17, 15) is 9.90 Å². The highest BCUT2D eigenvalue weighted by Gasteiger charge is 2.31. The number of imidazole rings is 1. The van der Waals surface area contributed by atoms with Crippen LogP contribution < -0.4 is 0 Å². The van der Waals surface area contributed by atoms with E-state index in [1.54, 1.807) is 11.8 Å². The van der Waals surface area contributed by atoms with Gasteiger partial charge in [-0.25, -0.2) is 9.78 Å². The highest BCUT2D eigenvalue weighted by Crippen LogP contribution is 2.37. The number of fused-ring (bicyclic) bond motifs is 2. The summed E-state index contributed by atoms with van der Waals surface area (Å²) in [7, 11) is 2.17. The number of rotatable bonds is 4. The molecular formula is C24H32N4O3S. The van der Waals surface area contributed by atoms with E-state index < -0.39 is 6.09 Å². The number of benzene rings is 1. The summed E-state index contributed by atoms with van der Waals surface area (Å²) < 4.78 is 9.05. The van der Waals surface area contributed by atoms with Crippen LogP contribution in [0.4, 0.5) is 4.79 Å². The first-order valence-electron chi connectivity index (χ1n) is 11.7. The molecule has 1 amide bonds. The van der Waals surface area contributed by atoms with E-state index in [-0.39, 0.29) is 12.2 Å². The van der Waals surface area contributed by atoms with E-state index >= 15 is 0 Å². The molecular weight excluding hydrogens is 424 g/mol. The molecule has 2 fully saturated rings. The van der Waals surface area contributed by atoms with Gasteiger partial charge in [0, 0.05) is 44.2 Å². The van der Waals surface area contributed by atoms with Gasteiger partial charge in [0.1, 0.15) is 17.0 Å². The molecule has 4 heterocycles. The fourth-order valence-electron chi connectivity index (χ4n) is 5.03. The molecule has 5 rings (SSSR count). The molecule has 3 aliphatic heterocycles. The average molecular weight is 457 g/mol. The molecule has 3 aliphatic rings. The highest BCUT2D eigenvalue weighted by atomic mass is 32.2. The second kappa shape index (κ2) is 9.45. The molecule has 7 nitrogen and oxygen atoms in total. The zero-order chi connectivity index (χ0) is 22.1. The smallest absolute Gasteiger partial charge is 0.407 e. The average Bonchev–Trinajstić information content (AvgIpc) is 3.14. The van der Waals surface area contributed by atoms with Crippen molar-refractivity contribution in [3.05, 3.63) is 47.4 Å². The van der Waals surface area contributed by atoms with Crippen LogP contribution in [0.15, 0.2) is 35.5 Å². The van der Waals surface area contributed by atoms with E-state index in [2.05, 4.69) is 47.0 Å². The maximum absolute atomic E-state index is 11.2. The minimum absolute atomic E-state index is 0.134. The molecule has 1 aromatic carbocycles. The summed E-state index contributed by atoms with van der Waals surface area (Å²) in [6.07, 6.45) is 6.33. The van der Waals surface area contributed by atoms with Gasteiger partial charge in [0.15, 0.2) is 0 Å². The predicted molar refractivity (Wildman–Crippen MR) is 124 cm³/mol. The van der Waals surface area contributed by atoms with Gasteiger partial charge in [-0.2, -0.15) is 0 Å². The number of piperidine rings is 2. The molecule has 1 unspecified atom stereocenters. The van der Waals surface area contributed by atoms with Crippen LogP contribution in [0.5, 0.6) is 0 Å². The van der Waals surface area contributed by atoms with Gasteiger partial charge in [0.2, 0.25) is 0 Å². The van der Waals surface area contributed by atoms with Crippen LogP contribution in [0.1, 0.15) is 48.7 Å². The van der Waals surface area contributed by atoms with Crippen molar-refractivity contribution in [3.63, 3.8) is 0 Å². The Morgan fingerprint density at radius 1 is 1.09 bits per heavy atom. The maximum Gasteiger partial charge on any atom is 0.407 e. The van der Waals surface area contributed by atoms with Crippen molar-refractivity contribution in [2.45, 2.75) is 61.1 Å². The number of ether oxygens (including phenoxy) is 1. The number of thioether (sulfide) groups is 1. The van der Waals surface area contributed by atoms with E-state index in [0.717, 1.165) is 62.6 Å². The number of likely N-dealkylation sites (tertiary alicyclic amines) is 2. The summed E-state index contributed by atoms with van der Waals surface area (Å²) in [6.45, 7) is 4.27. The molecule has 2 saturated heterocycles. The van der Waals surface area contributed by atoms with Crippen LogP contribution in [-0.4, -0.2) is 75.1 Å². The quantitative estimate of drug-likeness (QED) is 0.753. The first-order chi connectivity index (χ1) is 15.6. The van der Waals surface area contributed by atoms with Gasteiger partial charge >= 0.3 is 6.09 Å². The Balaban J connectivity index is 1.36. The monoisotopic (exact) mass is 456 g/mol. The Morgan fingerprint density at radius 2 is 1.84 bits per heavy atom. The van der Waals surface area contributed by atoms with Crippen molar-refractivity contribution in [1.29, 1.82) is 0 Å². The summed E-state index contributed by atoms with van der Waals surface area (Å²) in [4.78, 5) is 20.2. The lowest BCUT2D eigenvalue weighted by Crippen LogP contribution is -2.38. The number of aryl methyl sites for hydroxylation is 2. The van der Waals surface area contributed by atoms with Crippen LogP contribution in [0.25, 0.3) is 0 Å². The standard InChI is InChI=1S/C24H32N4O3S/c1-26-11-7-18(8-12-26)31-22-20-5-3-2-4-17(20)6-13-28-16-21(25-23(22)28)32-19-9-14-27(15-10-19)24(29)30/h2-5,16,18-19,22H,6-15H2,1H3,(H,29,30). The molecule has 0 radical (unpaired) electrons. The third kappa shape index (κ3) is 4.67. The number of amides is 1. The van der Waals surface area contributed by atoms with Gasteiger partial charge < -0.3 is 24.2 Å². The topological polar surface area (TPSA) is 70.8 Å². The third-order valence-electron chi connectivity index (χ3n) is 6.97. The number of hydrogen-bond donors (Lipinski definition) is 1. The first kappa shape index (κ1) is 21.8. The van der Waals surface area contributed by atoms with E-state index in [0.29, 0.717) is 18.3 Å². The molecule has 32 heavy (non-hydrogen) atoms. The summed E-state index contributed by atoms with van der Waals surface area (Å²) >= 11 is 1.79. The Bertz CT molecular complexity index is 948. The van der Waals surface area contributed by atoms with E-state index in [1.807, 2.05) is 0 Å². The first-order valence-corrected chi connectivity index (χ1v) is 12.6. The fraction of sp³-hybridized carbons (Fsp3) is 0.583. The van der Waals surface area contributed by atoms with Gasteiger partial charge in [-0.15, -0.1) is 11.8 Å². The summed E-state index contributed by atoms with van der Waals surface area (Å²) in [5, 5.41) is 10.6. The van der Waals surface area contributed by atoms with Gasteiger partial charge in [0.25, 0.3) is 0 Å². The third-order valence-corrected chi connectivity index (χ3v) is 8.22. The molecule has 8 heteroatoms. The largest absolute Gasteiger partial charge is 0.465 e. The number of hydrogen-bond acceptors (Lipinski definition) is 5. The van der Waals surface area contributed by atoms with Crippen LogP contribution in [0.2, 0.25) is 0 Å². The minimum atomic E-state index is -0.810. The van der Waals surface area contributed by atoms with Crippen molar-refractivity contribution in [3.8, 4) is 0 Å². The van der Waals surface area contributed by atoms with Gasteiger partial charge in [-0.1, -0.05) is 24.3 Å². The number of carbonyl (C=O) groups is 1. The van der Waals surface area contributed by atoms with Crippen molar-refractivity contribution >= 4 is 17.9 Å². The molecule has 0 bridgehead atoms. The normalized spacial score (nSPS) is 22.9. The number of nitrogens with zero attached hydrogens (tertiary/aromatic N) is 4. The van der Waals surface area contributed by atoms with E-state index in [1.165, 1.54) is 16.0 Å². The second-order valence-corrected chi connectivity index (χ2v) is 10.5. The molecule has 0 aliphatic carbocycles. The fourth-order valence-corrected chi connectivity index (χ4v) is 6.15. The van der Waals surface area contributed by atoms with Gasteiger partial charge in [-0.3, -0.25) is 0 Å². The molecule has 1 N–H and O–H groups in total. The molecule has 172 valence electrons. The van der Waals surface area contributed by atoms with Crippen LogP contribution in [-0.2, 0) is 17.7 Å². The van der Waals surface area contributed by atoms with Crippen molar-refractivity contribution < 1.29 is 14.6 Å². The SMILES string of the molecule is CN1CCC(OC2c3ccccc3CCn3cc(SC4CCN(C(=O)O)CC4)nc32)CC1. The lowest BCUT2D eigenvalue weighted by Gasteiger charge is -2.32. The van der Waals surface area contributed by atoms with Crippen molar-refractivity contribution in [1.82, 2.24) is 19.4 Å². The van der Waals surface area contributed by atoms with Crippen molar-refractivity contribution in [2.24, 2.45) is 0 Å². The lowest BCUT2D eigenvalue weighted by molar-refractivity contribution is -0.0276. The summed E-state index contributed by atoms with van der Waals surface area (Å²) in [5.41, 5.74) is 2.60. The predicted octanol–water partition coefficient (Wildman–Crippen LogP) is 3.87. The molecule has 2 aromatic rings. The van der Waals surface area contributed by atoms with Crippen LogP contribution in [0.3, 0.4) is 0 Å². The summed E-state index contributed by atoms with van der Waals surface area (Å²) in [6, 6.07) is 8.64. The Hall–Kier alpha value is -2.03. The van der Waals surface area contributed by atoms with Crippen molar-refractivity contribution in [2.75, 3.05) is 33.2 Å². The van der Waals surface area contributed by atoms with Crippen LogP contribution >= 0.6 is 11.8 Å². The molecule has 0 saturated carbocycles.